The molecule has 1 amide bonds. The van der Waals surface area contributed by atoms with Crippen molar-refractivity contribution in [1.29, 1.82) is 0 Å². The molecule has 0 unspecified atom stereocenters. The van der Waals surface area contributed by atoms with Crippen molar-refractivity contribution in [2.75, 3.05) is 5.73 Å². The molecule has 0 bridgehead atoms. The molecule has 2 aromatic rings. The quantitative estimate of drug-likeness (QED) is 0.720. The van der Waals surface area contributed by atoms with E-state index in [0.29, 0.717) is 12.1 Å². The van der Waals surface area contributed by atoms with E-state index >= 15 is 0 Å². The van der Waals surface area contributed by atoms with Crippen molar-refractivity contribution >= 4 is 17.5 Å². The number of nitrogens with zero attached hydrogens (tertiary/aromatic N) is 4. The van der Waals surface area contributed by atoms with Crippen LogP contribution in [0, 0.1) is 6.92 Å². The Morgan fingerprint density at radius 1 is 1.44 bits per heavy atom. The second-order valence-electron chi connectivity index (χ2n) is 3.46. The summed E-state index contributed by atoms with van der Waals surface area (Å²) in [6.45, 7) is 3.77. The third-order valence-electron chi connectivity index (χ3n) is 2.53. The molecule has 4 N–H and O–H groups in total. The monoisotopic (exact) mass is 220 g/mol. The zero-order chi connectivity index (χ0) is 11.9. The summed E-state index contributed by atoms with van der Waals surface area (Å²) in [5.41, 5.74) is 13.2. The van der Waals surface area contributed by atoms with Crippen molar-refractivity contribution in [1.82, 2.24) is 19.8 Å². The van der Waals surface area contributed by atoms with Gasteiger partial charge in [-0.25, -0.2) is 0 Å². The maximum Gasteiger partial charge on any atom is 0.269 e. The van der Waals surface area contributed by atoms with E-state index < -0.39 is 5.91 Å². The first-order chi connectivity index (χ1) is 7.56. The van der Waals surface area contributed by atoms with Gasteiger partial charge in [0.25, 0.3) is 5.91 Å². The molecule has 7 nitrogen and oxygen atoms in total. The minimum Gasteiger partial charge on any atom is -0.366 e. The van der Waals surface area contributed by atoms with E-state index in [9.17, 15) is 4.79 Å². The average Bonchev–Trinajstić information content (AvgIpc) is 2.60. The summed E-state index contributed by atoms with van der Waals surface area (Å²) in [4.78, 5) is 11.3. The number of anilines is 1. The first kappa shape index (κ1) is 10.3. The molecular weight excluding hydrogens is 208 g/mol. The average molecular weight is 220 g/mol. The van der Waals surface area contributed by atoms with Crippen LogP contribution in [0.15, 0.2) is 0 Å². The van der Waals surface area contributed by atoms with Crippen molar-refractivity contribution < 1.29 is 4.79 Å². The van der Waals surface area contributed by atoms with Crippen molar-refractivity contribution in [2.24, 2.45) is 5.73 Å². The normalized spacial score (nSPS) is 10.9. The first-order valence-electron chi connectivity index (χ1n) is 4.86. The van der Waals surface area contributed by atoms with Crippen LogP contribution in [-0.2, 0) is 6.42 Å². The number of primary amides is 1. The molecule has 0 spiro atoms. The van der Waals surface area contributed by atoms with Crippen molar-refractivity contribution in [2.45, 2.75) is 20.3 Å². The number of carbonyl (C=O) groups excluding carboxylic acids is 1. The van der Waals surface area contributed by atoms with Gasteiger partial charge in [-0.2, -0.15) is 9.61 Å². The zero-order valence-electron chi connectivity index (χ0n) is 9.06. The van der Waals surface area contributed by atoms with E-state index in [1.54, 1.807) is 0 Å². The van der Waals surface area contributed by atoms with Crippen molar-refractivity contribution in [3.63, 3.8) is 0 Å². The van der Waals surface area contributed by atoms with E-state index in [1.807, 2.05) is 13.8 Å². The van der Waals surface area contributed by atoms with Gasteiger partial charge in [-0.15, -0.1) is 10.2 Å². The Kier molecular flexibility index (Phi) is 2.22. The lowest BCUT2D eigenvalue weighted by atomic mass is 10.1. The van der Waals surface area contributed by atoms with E-state index in [-0.39, 0.29) is 11.6 Å². The van der Waals surface area contributed by atoms with Gasteiger partial charge >= 0.3 is 0 Å². The molecule has 0 atom stereocenters. The number of aryl methyl sites for hydroxylation is 1. The summed E-state index contributed by atoms with van der Waals surface area (Å²) in [6.07, 6.45) is 0.653. The van der Waals surface area contributed by atoms with Gasteiger partial charge in [0.1, 0.15) is 0 Å². The fourth-order valence-corrected chi connectivity index (χ4v) is 1.73. The lowest BCUT2D eigenvalue weighted by Crippen LogP contribution is -2.19. The Morgan fingerprint density at radius 2 is 2.12 bits per heavy atom. The Hall–Kier alpha value is -2.18. The molecule has 0 saturated carbocycles. The summed E-state index contributed by atoms with van der Waals surface area (Å²) >= 11 is 0. The third kappa shape index (κ3) is 1.28. The highest BCUT2D eigenvalue weighted by Crippen LogP contribution is 2.17. The lowest BCUT2D eigenvalue weighted by molar-refractivity contribution is 0.0993. The van der Waals surface area contributed by atoms with Gasteiger partial charge in [0, 0.05) is 5.56 Å². The molecule has 2 rings (SSSR count). The largest absolute Gasteiger partial charge is 0.366 e. The molecule has 2 heterocycles. The molecule has 0 fully saturated rings. The highest BCUT2D eigenvalue weighted by molar-refractivity contribution is 5.93. The van der Waals surface area contributed by atoms with Crippen LogP contribution >= 0.6 is 0 Å². The van der Waals surface area contributed by atoms with E-state index in [0.717, 1.165) is 11.1 Å². The third-order valence-corrected chi connectivity index (χ3v) is 2.53. The topological polar surface area (TPSA) is 112 Å². The summed E-state index contributed by atoms with van der Waals surface area (Å²) in [7, 11) is 0. The van der Waals surface area contributed by atoms with Gasteiger partial charge < -0.3 is 11.5 Å². The molecule has 84 valence electrons. The number of fused-ring (bicyclic) bond motifs is 1. The predicted molar refractivity (Wildman–Crippen MR) is 57.8 cm³/mol. The fourth-order valence-electron chi connectivity index (χ4n) is 1.73. The second-order valence-corrected chi connectivity index (χ2v) is 3.46. The SMILES string of the molecule is CCc1c(C(N)=O)nn2c(N)nnc2c1C. The number of carbonyl (C=O) groups is 1. The number of aromatic nitrogens is 4. The molecule has 7 heteroatoms. The molecule has 0 aliphatic rings. The second kappa shape index (κ2) is 3.44. The number of rotatable bonds is 2. The predicted octanol–water partition coefficient (Wildman–Crippen LogP) is -0.324. The molecule has 2 aromatic heterocycles. The molecule has 0 aromatic carbocycles. The van der Waals surface area contributed by atoms with Crippen LogP contribution in [0.5, 0.6) is 0 Å². The highest BCUT2D eigenvalue weighted by Gasteiger charge is 2.17. The Bertz CT molecular complexity index is 573. The Balaban J connectivity index is 2.89. The number of nitrogens with two attached hydrogens (primary N) is 2. The maximum absolute atomic E-state index is 11.3. The fraction of sp³-hybridized carbons (Fsp3) is 0.333. The highest BCUT2D eigenvalue weighted by atomic mass is 16.1. The van der Waals surface area contributed by atoms with Gasteiger partial charge in [0.2, 0.25) is 5.95 Å². The molecular formula is C9H12N6O. The number of hydrogen-bond donors (Lipinski definition) is 2. The standard InChI is InChI=1S/C9H12N6O/c1-3-5-4(2)8-12-13-9(11)15(8)14-6(5)7(10)16/h3H2,1-2H3,(H2,10,16)(H2,11,13). The molecule has 0 radical (unpaired) electrons. The zero-order valence-corrected chi connectivity index (χ0v) is 9.06. The lowest BCUT2D eigenvalue weighted by Gasteiger charge is -2.08. The minimum absolute atomic E-state index is 0.142. The van der Waals surface area contributed by atoms with Crippen LogP contribution in [0.2, 0.25) is 0 Å². The first-order valence-corrected chi connectivity index (χ1v) is 4.86. The number of hydrogen-bond acceptors (Lipinski definition) is 5. The Morgan fingerprint density at radius 3 is 2.69 bits per heavy atom. The van der Waals surface area contributed by atoms with Crippen LogP contribution < -0.4 is 11.5 Å². The summed E-state index contributed by atoms with van der Waals surface area (Å²) in [6, 6.07) is 0. The number of nitrogen functional groups attached to an aromatic ring is 1. The van der Waals surface area contributed by atoms with Crippen LogP contribution in [-0.4, -0.2) is 25.7 Å². The van der Waals surface area contributed by atoms with Gasteiger partial charge in [-0.1, -0.05) is 6.92 Å². The summed E-state index contributed by atoms with van der Waals surface area (Å²) in [5.74, 6) is -0.432. The summed E-state index contributed by atoms with van der Waals surface area (Å²) < 4.78 is 1.33. The van der Waals surface area contributed by atoms with Crippen LogP contribution in [0.25, 0.3) is 5.65 Å². The van der Waals surface area contributed by atoms with Crippen LogP contribution in [0.3, 0.4) is 0 Å². The van der Waals surface area contributed by atoms with E-state index in [4.69, 9.17) is 11.5 Å². The molecule has 0 aliphatic heterocycles. The molecule has 0 aliphatic carbocycles. The molecule has 0 saturated heterocycles. The van der Waals surface area contributed by atoms with E-state index in [1.165, 1.54) is 4.52 Å². The van der Waals surface area contributed by atoms with Crippen LogP contribution in [0.1, 0.15) is 28.5 Å². The van der Waals surface area contributed by atoms with Crippen LogP contribution in [0.4, 0.5) is 5.95 Å². The van der Waals surface area contributed by atoms with Gasteiger partial charge in [0.05, 0.1) is 0 Å². The minimum atomic E-state index is -0.574. The van der Waals surface area contributed by atoms with Gasteiger partial charge in [0.15, 0.2) is 11.3 Å². The van der Waals surface area contributed by atoms with Crippen molar-refractivity contribution in [3.05, 3.63) is 16.8 Å². The van der Waals surface area contributed by atoms with Gasteiger partial charge in [-0.05, 0) is 18.9 Å². The van der Waals surface area contributed by atoms with Gasteiger partial charge in [-0.3, -0.25) is 4.79 Å². The van der Waals surface area contributed by atoms with E-state index in [2.05, 4.69) is 15.3 Å². The smallest absolute Gasteiger partial charge is 0.269 e. The Labute approximate surface area is 91.4 Å². The molecule has 16 heavy (non-hydrogen) atoms. The number of amides is 1. The maximum atomic E-state index is 11.3. The summed E-state index contributed by atoms with van der Waals surface area (Å²) in [5, 5.41) is 11.7. The van der Waals surface area contributed by atoms with Crippen molar-refractivity contribution in [3.8, 4) is 0 Å².